The summed E-state index contributed by atoms with van der Waals surface area (Å²) in [4.78, 5) is 15.1. The molecule has 0 spiro atoms. The van der Waals surface area contributed by atoms with Crippen LogP contribution in [0.15, 0.2) is 65.6 Å². The first-order valence-corrected chi connectivity index (χ1v) is 11.5. The van der Waals surface area contributed by atoms with E-state index in [1.54, 1.807) is 18.3 Å². The van der Waals surface area contributed by atoms with Crippen molar-refractivity contribution < 1.29 is 17.9 Å². The molecule has 3 aromatic rings. The molecule has 0 aliphatic carbocycles. The maximum Gasteiger partial charge on any atom is 0.416 e. The molecule has 35 heavy (non-hydrogen) atoms. The Balaban J connectivity index is 1.40. The summed E-state index contributed by atoms with van der Waals surface area (Å²) in [5.41, 5.74) is 1.66. The molecule has 0 atom stereocenters. The second-order valence-corrected chi connectivity index (χ2v) is 8.45. The Morgan fingerprint density at radius 3 is 2.43 bits per heavy atom. The molecular formula is C26H27F3N4O2. The molecule has 0 radical (unpaired) electrons. The molecule has 1 aliphatic rings. The summed E-state index contributed by atoms with van der Waals surface area (Å²) < 4.78 is 45.1. The van der Waals surface area contributed by atoms with Crippen molar-refractivity contribution >= 4 is 11.9 Å². The van der Waals surface area contributed by atoms with E-state index in [0.717, 1.165) is 44.0 Å². The second-order valence-electron chi connectivity index (χ2n) is 8.45. The number of nitrogens with one attached hydrogen (secondary N) is 2. The zero-order valence-corrected chi connectivity index (χ0v) is 19.1. The van der Waals surface area contributed by atoms with Crippen LogP contribution < -0.4 is 15.6 Å². The van der Waals surface area contributed by atoms with Crippen molar-refractivity contribution in [1.29, 1.82) is 5.41 Å². The van der Waals surface area contributed by atoms with Gasteiger partial charge < -0.3 is 20.4 Å². The predicted molar refractivity (Wildman–Crippen MR) is 130 cm³/mol. The lowest BCUT2D eigenvalue weighted by Gasteiger charge is -2.17. The SMILES string of the molecule is N=Cc1cc(-n2ccc(OCc3ccc(C(F)(F)F)cc3)cc2=O)ccc1NCCN1CCCC1. The Hall–Kier alpha value is -3.59. The largest absolute Gasteiger partial charge is 0.489 e. The number of hydrogen-bond acceptors (Lipinski definition) is 5. The fraction of sp³-hybridized carbons (Fsp3) is 0.308. The van der Waals surface area contributed by atoms with E-state index >= 15 is 0 Å². The van der Waals surface area contributed by atoms with Crippen LogP contribution in [-0.4, -0.2) is 41.9 Å². The standard InChI is InChI=1S/C26H27F3N4O2/c27-26(28,29)21-5-3-19(4-6-21)18-35-23-9-13-33(25(34)16-23)22-7-8-24(20(15-22)17-30)31-10-14-32-11-1-2-12-32/h3-9,13,15-17,30-31H,1-2,10-12,14,18H2. The summed E-state index contributed by atoms with van der Waals surface area (Å²) in [5, 5.41) is 11.1. The van der Waals surface area contributed by atoms with Gasteiger partial charge in [0.25, 0.3) is 5.56 Å². The minimum atomic E-state index is -4.39. The molecular weight excluding hydrogens is 457 g/mol. The van der Waals surface area contributed by atoms with E-state index in [-0.39, 0.29) is 12.2 Å². The number of ether oxygens (including phenoxy) is 1. The number of aromatic nitrogens is 1. The molecule has 0 saturated carbocycles. The monoisotopic (exact) mass is 484 g/mol. The number of hydrogen-bond donors (Lipinski definition) is 2. The topological polar surface area (TPSA) is 70.3 Å². The first-order valence-electron chi connectivity index (χ1n) is 11.5. The van der Waals surface area contributed by atoms with Crippen molar-refractivity contribution in [3.63, 3.8) is 0 Å². The van der Waals surface area contributed by atoms with Gasteiger partial charge in [-0.15, -0.1) is 0 Å². The average Bonchev–Trinajstić information content (AvgIpc) is 3.36. The molecule has 2 N–H and O–H groups in total. The number of alkyl halides is 3. The zero-order chi connectivity index (χ0) is 24.8. The van der Waals surface area contributed by atoms with Gasteiger partial charge in [0.15, 0.2) is 0 Å². The fourth-order valence-corrected chi connectivity index (χ4v) is 4.06. The predicted octanol–water partition coefficient (Wildman–Crippen LogP) is 4.94. The maximum atomic E-state index is 12.7. The lowest BCUT2D eigenvalue weighted by molar-refractivity contribution is -0.137. The quantitative estimate of drug-likeness (QED) is 0.422. The average molecular weight is 485 g/mol. The number of pyridine rings is 1. The second kappa shape index (κ2) is 10.8. The zero-order valence-electron chi connectivity index (χ0n) is 19.1. The smallest absolute Gasteiger partial charge is 0.416 e. The van der Waals surface area contributed by atoms with Gasteiger partial charge in [-0.1, -0.05) is 12.1 Å². The van der Waals surface area contributed by atoms with Crippen LogP contribution in [-0.2, 0) is 12.8 Å². The highest BCUT2D eigenvalue weighted by Gasteiger charge is 2.29. The van der Waals surface area contributed by atoms with E-state index in [1.807, 2.05) is 12.1 Å². The van der Waals surface area contributed by atoms with Gasteiger partial charge in [0, 0.05) is 48.5 Å². The van der Waals surface area contributed by atoms with Crippen molar-refractivity contribution in [3.8, 4) is 11.4 Å². The molecule has 0 amide bonds. The van der Waals surface area contributed by atoms with E-state index in [9.17, 15) is 18.0 Å². The van der Waals surface area contributed by atoms with E-state index in [2.05, 4.69) is 10.2 Å². The maximum absolute atomic E-state index is 12.7. The summed E-state index contributed by atoms with van der Waals surface area (Å²) in [6, 6.07) is 13.1. The van der Waals surface area contributed by atoms with Crippen LogP contribution in [0.1, 0.15) is 29.5 Å². The number of benzene rings is 2. The van der Waals surface area contributed by atoms with Crippen LogP contribution in [0.3, 0.4) is 0 Å². The number of likely N-dealkylation sites (tertiary alicyclic amines) is 1. The van der Waals surface area contributed by atoms with Crippen molar-refractivity contribution in [2.75, 3.05) is 31.5 Å². The highest BCUT2D eigenvalue weighted by Crippen LogP contribution is 2.29. The van der Waals surface area contributed by atoms with Crippen LogP contribution in [0.25, 0.3) is 5.69 Å². The van der Waals surface area contributed by atoms with Crippen LogP contribution in [0.4, 0.5) is 18.9 Å². The molecule has 6 nitrogen and oxygen atoms in total. The Morgan fingerprint density at radius 2 is 1.77 bits per heavy atom. The van der Waals surface area contributed by atoms with E-state index in [1.165, 1.54) is 41.8 Å². The Morgan fingerprint density at radius 1 is 1.03 bits per heavy atom. The van der Waals surface area contributed by atoms with Gasteiger partial charge in [-0.3, -0.25) is 9.36 Å². The lowest BCUT2D eigenvalue weighted by Crippen LogP contribution is -2.26. The molecule has 0 bridgehead atoms. The van der Waals surface area contributed by atoms with Gasteiger partial charge in [0.2, 0.25) is 0 Å². The third-order valence-electron chi connectivity index (χ3n) is 5.99. The van der Waals surface area contributed by atoms with Gasteiger partial charge >= 0.3 is 6.18 Å². The first kappa shape index (κ1) is 24.5. The Bertz CT molecular complexity index is 1220. The summed E-state index contributed by atoms with van der Waals surface area (Å²) in [7, 11) is 0. The molecule has 4 rings (SSSR count). The lowest BCUT2D eigenvalue weighted by atomic mass is 10.1. The minimum absolute atomic E-state index is 0.0390. The number of nitrogens with zero attached hydrogens (tertiary/aromatic N) is 2. The Kier molecular flexibility index (Phi) is 7.55. The van der Waals surface area contributed by atoms with Gasteiger partial charge in [-0.05, 0) is 67.9 Å². The third-order valence-corrected chi connectivity index (χ3v) is 5.99. The van der Waals surface area contributed by atoms with Crippen molar-refractivity contribution in [2.24, 2.45) is 0 Å². The number of anilines is 1. The van der Waals surface area contributed by atoms with E-state index in [4.69, 9.17) is 10.1 Å². The summed E-state index contributed by atoms with van der Waals surface area (Å²) in [5.74, 6) is 0.318. The highest BCUT2D eigenvalue weighted by molar-refractivity contribution is 5.86. The van der Waals surface area contributed by atoms with Gasteiger partial charge in [-0.2, -0.15) is 13.2 Å². The molecule has 1 fully saturated rings. The summed E-state index contributed by atoms with van der Waals surface area (Å²) in [6.07, 6.45) is 0.938. The van der Waals surface area contributed by atoms with E-state index in [0.29, 0.717) is 22.6 Å². The molecule has 2 heterocycles. The molecule has 1 saturated heterocycles. The molecule has 9 heteroatoms. The van der Waals surface area contributed by atoms with Crippen molar-refractivity contribution in [1.82, 2.24) is 9.47 Å². The van der Waals surface area contributed by atoms with E-state index < -0.39 is 11.7 Å². The third kappa shape index (κ3) is 6.30. The molecule has 184 valence electrons. The normalized spacial score (nSPS) is 14.1. The fourth-order valence-electron chi connectivity index (χ4n) is 4.06. The molecule has 0 unspecified atom stereocenters. The summed E-state index contributed by atoms with van der Waals surface area (Å²) in [6.45, 7) is 4.03. The number of rotatable bonds is 9. The van der Waals surface area contributed by atoms with Gasteiger partial charge in [0.05, 0.1) is 5.56 Å². The minimum Gasteiger partial charge on any atom is -0.489 e. The first-order chi connectivity index (χ1) is 16.8. The molecule has 1 aliphatic heterocycles. The van der Waals surface area contributed by atoms with Crippen LogP contribution in [0, 0.1) is 5.41 Å². The van der Waals surface area contributed by atoms with Gasteiger partial charge in [0.1, 0.15) is 12.4 Å². The summed E-state index contributed by atoms with van der Waals surface area (Å²) >= 11 is 0. The number of halogens is 3. The van der Waals surface area contributed by atoms with Crippen molar-refractivity contribution in [2.45, 2.75) is 25.6 Å². The van der Waals surface area contributed by atoms with Crippen LogP contribution >= 0.6 is 0 Å². The van der Waals surface area contributed by atoms with Gasteiger partial charge in [-0.25, -0.2) is 0 Å². The molecule has 2 aromatic carbocycles. The Labute approximate surface area is 201 Å². The van der Waals surface area contributed by atoms with Crippen LogP contribution in [0.5, 0.6) is 5.75 Å². The highest BCUT2D eigenvalue weighted by atomic mass is 19.4. The van der Waals surface area contributed by atoms with Crippen molar-refractivity contribution in [3.05, 3.63) is 87.8 Å². The molecule has 1 aromatic heterocycles. The van der Waals surface area contributed by atoms with Crippen LogP contribution in [0.2, 0.25) is 0 Å².